The van der Waals surface area contributed by atoms with Crippen LogP contribution in [0.25, 0.3) is 6.08 Å². The molecule has 0 unspecified atom stereocenters. The molecule has 2 rings (SSSR count). The van der Waals surface area contributed by atoms with Crippen molar-refractivity contribution < 1.29 is 4.79 Å². The van der Waals surface area contributed by atoms with Crippen LogP contribution in [0.4, 0.5) is 0 Å². The van der Waals surface area contributed by atoms with Crippen molar-refractivity contribution >= 4 is 35.1 Å². The first-order valence-electron chi connectivity index (χ1n) is 5.62. The van der Waals surface area contributed by atoms with Crippen LogP contribution < -0.4 is 0 Å². The largest absolute Gasteiger partial charge is 0.288 e. The van der Waals surface area contributed by atoms with Crippen molar-refractivity contribution in [3.63, 3.8) is 0 Å². The van der Waals surface area contributed by atoms with Crippen LogP contribution in [0.5, 0.6) is 0 Å². The summed E-state index contributed by atoms with van der Waals surface area (Å²) < 4.78 is 1.51. The zero-order valence-electron chi connectivity index (χ0n) is 10.5. The maximum Gasteiger partial charge on any atom is 0.203 e. The van der Waals surface area contributed by atoms with Crippen LogP contribution in [0.3, 0.4) is 0 Å². The topological polar surface area (TPSA) is 58.7 Å². The molecular formula is C14H9Cl2N3O. The van der Waals surface area contributed by atoms with Crippen LogP contribution in [-0.2, 0) is 7.05 Å². The minimum Gasteiger partial charge on any atom is -0.288 e. The molecule has 2 aromatic rings. The molecule has 1 aromatic heterocycles. The maximum atomic E-state index is 12.2. The van der Waals surface area contributed by atoms with Crippen molar-refractivity contribution in [1.82, 2.24) is 9.78 Å². The summed E-state index contributed by atoms with van der Waals surface area (Å²) in [6.07, 6.45) is 2.97. The van der Waals surface area contributed by atoms with E-state index >= 15 is 0 Å². The predicted octanol–water partition coefficient (Wildman–Crippen LogP) is 3.52. The second-order valence-electron chi connectivity index (χ2n) is 4.04. The minimum atomic E-state index is -0.397. The summed E-state index contributed by atoms with van der Waals surface area (Å²) in [7, 11) is 1.70. The molecule has 100 valence electrons. The minimum absolute atomic E-state index is 0.0343. The van der Waals surface area contributed by atoms with E-state index in [-0.39, 0.29) is 5.57 Å². The van der Waals surface area contributed by atoms with Gasteiger partial charge in [-0.05, 0) is 30.3 Å². The number of carbonyl (C=O) groups excluding carboxylic acids is 1. The van der Waals surface area contributed by atoms with Gasteiger partial charge in [-0.15, -0.1) is 0 Å². The number of nitriles is 1. The lowest BCUT2D eigenvalue weighted by molar-refractivity contribution is 0.104. The standard InChI is InChI=1S/C14H9Cl2N3O/c1-19-8-12(16)13(18-19)6-10(7-17)14(20)9-2-4-11(15)5-3-9/h2-6,8H,1H3. The molecule has 0 atom stereocenters. The van der Waals surface area contributed by atoms with Gasteiger partial charge < -0.3 is 0 Å². The van der Waals surface area contributed by atoms with E-state index in [1.165, 1.54) is 10.8 Å². The molecule has 0 aliphatic rings. The van der Waals surface area contributed by atoms with E-state index in [9.17, 15) is 4.79 Å². The third-order valence-corrected chi connectivity index (χ3v) is 3.11. The van der Waals surface area contributed by atoms with E-state index in [0.29, 0.717) is 21.3 Å². The second kappa shape index (κ2) is 5.91. The Labute approximate surface area is 125 Å². The molecule has 0 fully saturated rings. The van der Waals surface area contributed by atoms with Gasteiger partial charge in [0.1, 0.15) is 17.3 Å². The quantitative estimate of drug-likeness (QED) is 0.495. The highest BCUT2D eigenvalue weighted by Gasteiger charge is 2.14. The fraction of sp³-hybridized carbons (Fsp3) is 0.0714. The molecule has 0 spiro atoms. The molecule has 4 nitrogen and oxygen atoms in total. The first-order valence-corrected chi connectivity index (χ1v) is 6.38. The van der Waals surface area contributed by atoms with Crippen molar-refractivity contribution in [3.8, 4) is 6.07 Å². The number of aromatic nitrogens is 2. The van der Waals surface area contributed by atoms with Crippen LogP contribution in [0.2, 0.25) is 10.0 Å². The van der Waals surface area contributed by atoms with Crippen LogP contribution in [-0.4, -0.2) is 15.6 Å². The molecule has 0 saturated carbocycles. The van der Waals surface area contributed by atoms with Gasteiger partial charge >= 0.3 is 0 Å². The van der Waals surface area contributed by atoms with Crippen LogP contribution >= 0.6 is 23.2 Å². The summed E-state index contributed by atoms with van der Waals surface area (Å²) in [6, 6.07) is 8.19. The lowest BCUT2D eigenvalue weighted by Crippen LogP contribution is -2.02. The molecule has 0 aliphatic heterocycles. The summed E-state index contributed by atoms with van der Waals surface area (Å²) >= 11 is 11.7. The third-order valence-electron chi connectivity index (χ3n) is 2.56. The monoisotopic (exact) mass is 305 g/mol. The van der Waals surface area contributed by atoms with Crippen molar-refractivity contribution in [2.45, 2.75) is 0 Å². The van der Waals surface area contributed by atoms with Gasteiger partial charge in [0.05, 0.1) is 5.02 Å². The first kappa shape index (κ1) is 14.3. The number of carbonyl (C=O) groups is 1. The molecule has 20 heavy (non-hydrogen) atoms. The Morgan fingerprint density at radius 3 is 2.50 bits per heavy atom. The Bertz CT molecular complexity index is 724. The lowest BCUT2D eigenvalue weighted by Gasteiger charge is -1.99. The summed E-state index contributed by atoms with van der Waals surface area (Å²) in [5.74, 6) is -0.397. The molecule has 0 N–H and O–H groups in total. The fourth-order valence-corrected chi connectivity index (χ4v) is 1.98. The summed E-state index contributed by atoms with van der Waals surface area (Å²) in [5.41, 5.74) is 0.732. The summed E-state index contributed by atoms with van der Waals surface area (Å²) in [4.78, 5) is 12.2. The first-order chi connectivity index (χ1) is 9.51. The van der Waals surface area contributed by atoms with E-state index in [1.54, 1.807) is 37.5 Å². The molecule has 0 aliphatic carbocycles. The zero-order chi connectivity index (χ0) is 14.7. The number of hydrogen-bond acceptors (Lipinski definition) is 3. The number of hydrogen-bond donors (Lipinski definition) is 0. The smallest absolute Gasteiger partial charge is 0.203 e. The Morgan fingerprint density at radius 1 is 1.35 bits per heavy atom. The molecule has 6 heteroatoms. The molecule has 0 radical (unpaired) electrons. The van der Waals surface area contributed by atoms with E-state index < -0.39 is 5.78 Å². The van der Waals surface area contributed by atoms with Crippen LogP contribution in [0.1, 0.15) is 16.1 Å². The number of aryl methyl sites for hydroxylation is 1. The van der Waals surface area contributed by atoms with Gasteiger partial charge in [0.2, 0.25) is 5.78 Å². The van der Waals surface area contributed by atoms with Gasteiger partial charge in [-0.25, -0.2) is 0 Å². The van der Waals surface area contributed by atoms with Gasteiger partial charge in [-0.1, -0.05) is 23.2 Å². The van der Waals surface area contributed by atoms with Gasteiger partial charge in [0, 0.05) is 23.8 Å². The highest BCUT2D eigenvalue weighted by atomic mass is 35.5. The van der Waals surface area contributed by atoms with E-state index in [4.69, 9.17) is 28.5 Å². The normalized spacial score (nSPS) is 11.2. The van der Waals surface area contributed by atoms with Gasteiger partial charge in [-0.3, -0.25) is 9.48 Å². The lowest BCUT2D eigenvalue weighted by atomic mass is 10.0. The summed E-state index contributed by atoms with van der Waals surface area (Å²) in [6.45, 7) is 0. The van der Waals surface area contributed by atoms with Gasteiger partial charge in [0.15, 0.2) is 0 Å². The van der Waals surface area contributed by atoms with Crippen molar-refractivity contribution in [3.05, 3.63) is 57.3 Å². The van der Waals surface area contributed by atoms with E-state index in [1.807, 2.05) is 6.07 Å². The number of Topliss-reactive ketones (excluding diaryl/α,β-unsaturated/α-hetero) is 1. The SMILES string of the molecule is Cn1cc(Cl)c(C=C(C#N)C(=O)c2ccc(Cl)cc2)n1. The Kier molecular flexibility index (Phi) is 4.23. The van der Waals surface area contributed by atoms with Gasteiger partial charge in [0.25, 0.3) is 0 Å². The molecular weight excluding hydrogens is 297 g/mol. The van der Waals surface area contributed by atoms with Crippen LogP contribution in [0.15, 0.2) is 36.0 Å². The Hall–Kier alpha value is -2.09. The van der Waals surface area contributed by atoms with Crippen molar-refractivity contribution in [1.29, 1.82) is 5.26 Å². The molecule has 1 heterocycles. The van der Waals surface area contributed by atoms with Crippen LogP contribution in [0, 0.1) is 11.3 Å². The number of benzene rings is 1. The average molecular weight is 306 g/mol. The third kappa shape index (κ3) is 3.08. The van der Waals surface area contributed by atoms with Gasteiger partial charge in [-0.2, -0.15) is 10.4 Å². The van der Waals surface area contributed by atoms with E-state index in [2.05, 4.69) is 5.10 Å². The number of halogens is 2. The summed E-state index contributed by atoms with van der Waals surface area (Å²) in [5, 5.41) is 14.1. The van der Waals surface area contributed by atoms with E-state index in [0.717, 1.165) is 0 Å². The zero-order valence-corrected chi connectivity index (χ0v) is 12.0. The molecule has 0 amide bonds. The predicted molar refractivity (Wildman–Crippen MR) is 77.6 cm³/mol. The molecule has 0 bridgehead atoms. The Balaban J connectivity index is 2.38. The Morgan fingerprint density at radius 2 is 2.00 bits per heavy atom. The number of allylic oxidation sites excluding steroid dienone is 1. The highest BCUT2D eigenvalue weighted by molar-refractivity contribution is 6.32. The molecule has 0 saturated heterocycles. The fourth-order valence-electron chi connectivity index (χ4n) is 1.62. The van der Waals surface area contributed by atoms with Crippen molar-refractivity contribution in [2.24, 2.45) is 7.05 Å². The molecule has 1 aromatic carbocycles. The average Bonchev–Trinajstić information content (AvgIpc) is 2.74. The number of rotatable bonds is 3. The number of ketones is 1. The number of nitrogens with zero attached hydrogens (tertiary/aromatic N) is 3. The highest BCUT2D eigenvalue weighted by Crippen LogP contribution is 2.19. The maximum absolute atomic E-state index is 12.2. The van der Waals surface area contributed by atoms with Crippen molar-refractivity contribution in [2.75, 3.05) is 0 Å². The second-order valence-corrected chi connectivity index (χ2v) is 4.89.